The third kappa shape index (κ3) is 3.58. The summed E-state index contributed by atoms with van der Waals surface area (Å²) in [4.78, 5) is 0. The van der Waals surface area contributed by atoms with Gasteiger partial charge in [-0.15, -0.1) is 0 Å². The molecule has 14 heavy (non-hydrogen) atoms. The lowest BCUT2D eigenvalue weighted by molar-refractivity contribution is -0.0742. The Bertz CT molecular complexity index is 174. The molecule has 0 aliphatic carbocycles. The van der Waals surface area contributed by atoms with Crippen LogP contribution in [0.15, 0.2) is 0 Å². The molecule has 2 heteroatoms. The molecule has 84 valence electrons. The molecule has 3 atom stereocenters. The summed E-state index contributed by atoms with van der Waals surface area (Å²) in [6.45, 7) is 12.2. The Morgan fingerprint density at radius 2 is 2.00 bits per heavy atom. The molecule has 1 fully saturated rings. The Kier molecular flexibility index (Phi) is 3.96. The summed E-state index contributed by atoms with van der Waals surface area (Å²) in [6, 6.07) is 0.510. The van der Waals surface area contributed by atoms with Gasteiger partial charge in [-0.1, -0.05) is 27.7 Å². The van der Waals surface area contributed by atoms with Crippen molar-refractivity contribution in [2.45, 2.75) is 65.7 Å². The number of nitrogens with one attached hydrogen (secondary N) is 1. The van der Waals surface area contributed by atoms with Gasteiger partial charge in [0.05, 0.1) is 12.2 Å². The second-order valence-corrected chi connectivity index (χ2v) is 5.67. The fourth-order valence-corrected chi connectivity index (χ4v) is 2.12. The van der Waals surface area contributed by atoms with Crippen molar-refractivity contribution in [1.29, 1.82) is 0 Å². The molecule has 1 N–H and O–H groups in total. The summed E-state index contributed by atoms with van der Waals surface area (Å²) in [6.07, 6.45) is 3.05. The van der Waals surface area contributed by atoms with Crippen LogP contribution in [0.1, 0.15) is 47.5 Å². The molecule has 2 nitrogen and oxygen atoms in total. The van der Waals surface area contributed by atoms with Crippen LogP contribution in [-0.4, -0.2) is 24.8 Å². The van der Waals surface area contributed by atoms with Crippen molar-refractivity contribution in [3.8, 4) is 0 Å². The molecule has 1 aliphatic rings. The van der Waals surface area contributed by atoms with Gasteiger partial charge in [0.1, 0.15) is 0 Å². The largest absolute Gasteiger partial charge is 0.372 e. The number of rotatable bonds is 2. The summed E-state index contributed by atoms with van der Waals surface area (Å²) >= 11 is 0. The van der Waals surface area contributed by atoms with Crippen LogP contribution in [0.25, 0.3) is 0 Å². The number of hydrogen-bond acceptors (Lipinski definition) is 2. The first-order valence-corrected chi connectivity index (χ1v) is 5.81. The van der Waals surface area contributed by atoms with Crippen molar-refractivity contribution < 1.29 is 4.74 Å². The van der Waals surface area contributed by atoms with Gasteiger partial charge in [0, 0.05) is 12.6 Å². The number of ether oxygens (including phenoxy) is 1. The molecular formula is C12H25NO. The predicted molar refractivity (Wildman–Crippen MR) is 60.5 cm³/mol. The highest BCUT2D eigenvalue weighted by Crippen LogP contribution is 2.25. The standard InChI is InChI=1S/C12H25NO/c1-6-11-9(2)13-8-10(14-11)7-12(3,4)5/h9-11,13H,6-8H2,1-5H3. The number of morpholine rings is 1. The van der Waals surface area contributed by atoms with Gasteiger partial charge in [0.25, 0.3) is 0 Å². The van der Waals surface area contributed by atoms with Gasteiger partial charge in [-0.3, -0.25) is 0 Å². The maximum Gasteiger partial charge on any atom is 0.0727 e. The second-order valence-electron chi connectivity index (χ2n) is 5.67. The Hall–Kier alpha value is -0.0800. The molecular weight excluding hydrogens is 174 g/mol. The van der Waals surface area contributed by atoms with Gasteiger partial charge in [0.15, 0.2) is 0 Å². The molecule has 3 unspecified atom stereocenters. The van der Waals surface area contributed by atoms with E-state index in [1.54, 1.807) is 0 Å². The van der Waals surface area contributed by atoms with E-state index in [-0.39, 0.29) is 0 Å². The average Bonchev–Trinajstić information content (AvgIpc) is 2.06. The van der Waals surface area contributed by atoms with Crippen LogP contribution < -0.4 is 5.32 Å². The first-order valence-electron chi connectivity index (χ1n) is 5.81. The van der Waals surface area contributed by atoms with Crippen molar-refractivity contribution in [2.24, 2.45) is 5.41 Å². The first kappa shape index (κ1) is 12.0. The van der Waals surface area contributed by atoms with E-state index in [2.05, 4.69) is 39.9 Å². The van der Waals surface area contributed by atoms with Gasteiger partial charge >= 0.3 is 0 Å². The minimum absolute atomic E-state index is 0.366. The molecule has 0 amide bonds. The monoisotopic (exact) mass is 199 g/mol. The quantitative estimate of drug-likeness (QED) is 0.738. The maximum atomic E-state index is 6.06. The fraction of sp³-hybridized carbons (Fsp3) is 1.00. The van der Waals surface area contributed by atoms with Crippen LogP contribution in [0.3, 0.4) is 0 Å². The fourth-order valence-electron chi connectivity index (χ4n) is 2.12. The van der Waals surface area contributed by atoms with E-state index in [1.807, 2.05) is 0 Å². The summed E-state index contributed by atoms with van der Waals surface area (Å²) in [5.41, 5.74) is 0.366. The Morgan fingerprint density at radius 1 is 1.36 bits per heavy atom. The molecule has 0 aromatic heterocycles. The molecule has 0 radical (unpaired) electrons. The molecule has 1 heterocycles. The lowest BCUT2D eigenvalue weighted by Gasteiger charge is -2.38. The van der Waals surface area contributed by atoms with Crippen LogP contribution in [-0.2, 0) is 4.74 Å². The molecule has 1 aliphatic heterocycles. The molecule has 0 bridgehead atoms. The van der Waals surface area contributed by atoms with Gasteiger partial charge in [-0.2, -0.15) is 0 Å². The van der Waals surface area contributed by atoms with Gasteiger partial charge < -0.3 is 10.1 Å². The molecule has 1 saturated heterocycles. The topological polar surface area (TPSA) is 21.3 Å². The highest BCUT2D eigenvalue weighted by atomic mass is 16.5. The van der Waals surface area contributed by atoms with Crippen LogP contribution in [0, 0.1) is 5.41 Å². The van der Waals surface area contributed by atoms with Gasteiger partial charge in [0.2, 0.25) is 0 Å². The van der Waals surface area contributed by atoms with E-state index in [0.29, 0.717) is 23.7 Å². The van der Waals surface area contributed by atoms with E-state index in [9.17, 15) is 0 Å². The second kappa shape index (κ2) is 4.63. The number of hydrogen-bond donors (Lipinski definition) is 1. The molecule has 0 aromatic rings. The van der Waals surface area contributed by atoms with E-state index < -0.39 is 0 Å². The molecule has 0 aromatic carbocycles. The van der Waals surface area contributed by atoms with Crippen LogP contribution >= 0.6 is 0 Å². The molecule has 1 rings (SSSR count). The summed E-state index contributed by atoms with van der Waals surface area (Å²) in [5.74, 6) is 0. The van der Waals surface area contributed by atoms with Crippen molar-refractivity contribution in [3.63, 3.8) is 0 Å². The van der Waals surface area contributed by atoms with Crippen LogP contribution in [0.2, 0.25) is 0 Å². The Labute approximate surface area is 88.4 Å². The van der Waals surface area contributed by atoms with Crippen molar-refractivity contribution >= 4 is 0 Å². The summed E-state index contributed by atoms with van der Waals surface area (Å²) in [7, 11) is 0. The third-order valence-electron chi connectivity index (χ3n) is 2.83. The zero-order chi connectivity index (χ0) is 10.8. The lowest BCUT2D eigenvalue weighted by Crippen LogP contribution is -2.51. The zero-order valence-electron chi connectivity index (χ0n) is 10.3. The summed E-state index contributed by atoms with van der Waals surface area (Å²) in [5, 5.41) is 3.53. The minimum atomic E-state index is 0.366. The molecule has 0 spiro atoms. The Morgan fingerprint density at radius 3 is 2.50 bits per heavy atom. The predicted octanol–water partition coefficient (Wildman–Crippen LogP) is 2.58. The SMILES string of the molecule is CCC1OC(CC(C)(C)C)CNC1C. The highest BCUT2D eigenvalue weighted by Gasteiger charge is 2.29. The minimum Gasteiger partial charge on any atom is -0.372 e. The average molecular weight is 199 g/mol. The summed E-state index contributed by atoms with van der Waals surface area (Å²) < 4.78 is 6.06. The van der Waals surface area contributed by atoms with E-state index >= 15 is 0 Å². The van der Waals surface area contributed by atoms with E-state index in [4.69, 9.17) is 4.74 Å². The molecule has 0 saturated carbocycles. The highest BCUT2D eigenvalue weighted by molar-refractivity contribution is 4.83. The normalized spacial score (nSPS) is 34.5. The Balaban J connectivity index is 2.43. The maximum absolute atomic E-state index is 6.06. The van der Waals surface area contributed by atoms with Crippen molar-refractivity contribution in [3.05, 3.63) is 0 Å². The lowest BCUT2D eigenvalue weighted by atomic mass is 9.88. The van der Waals surface area contributed by atoms with E-state index in [1.165, 1.54) is 0 Å². The van der Waals surface area contributed by atoms with Crippen LogP contribution in [0.5, 0.6) is 0 Å². The van der Waals surface area contributed by atoms with Crippen LogP contribution in [0.4, 0.5) is 0 Å². The zero-order valence-corrected chi connectivity index (χ0v) is 10.3. The van der Waals surface area contributed by atoms with Crippen molar-refractivity contribution in [2.75, 3.05) is 6.54 Å². The van der Waals surface area contributed by atoms with Crippen molar-refractivity contribution in [1.82, 2.24) is 5.32 Å². The van der Waals surface area contributed by atoms with Gasteiger partial charge in [-0.05, 0) is 25.2 Å². The smallest absolute Gasteiger partial charge is 0.0727 e. The van der Waals surface area contributed by atoms with Gasteiger partial charge in [-0.25, -0.2) is 0 Å². The third-order valence-corrected chi connectivity index (χ3v) is 2.83. The first-order chi connectivity index (χ1) is 6.42. The van der Waals surface area contributed by atoms with E-state index in [0.717, 1.165) is 19.4 Å².